The normalized spacial score (nSPS) is 10.6. The van der Waals surface area contributed by atoms with Crippen molar-refractivity contribution in [2.75, 3.05) is 19.8 Å². The molecule has 0 saturated carbocycles. The summed E-state index contributed by atoms with van der Waals surface area (Å²) in [5.41, 5.74) is 0. The van der Waals surface area contributed by atoms with Gasteiger partial charge in [-0.25, -0.2) is 9.78 Å². The molecule has 0 saturated heterocycles. The fourth-order valence-electron chi connectivity index (χ4n) is 0.978. The topological polar surface area (TPSA) is 38.7 Å². The predicted octanol–water partition coefficient (Wildman–Crippen LogP) is 2.29. The van der Waals surface area contributed by atoms with Gasteiger partial charge in [0.2, 0.25) is 0 Å². The first kappa shape index (κ1) is 12.9. The molecule has 3 nitrogen and oxygen atoms in total. The number of unbranched alkanes of at least 4 members (excludes halogenated alkanes) is 4. The molecular formula is C10H22O3. The zero-order valence-electron chi connectivity index (χ0n) is 8.63. The molecule has 0 aromatic rings. The van der Waals surface area contributed by atoms with Gasteiger partial charge in [-0.15, -0.1) is 0 Å². The maximum absolute atomic E-state index is 8.47. The Morgan fingerprint density at radius 3 is 2.00 bits per heavy atom. The molecule has 0 unspecified atom stereocenters. The smallest absolute Gasteiger partial charge is 0.0823 e. The van der Waals surface area contributed by atoms with Crippen LogP contribution in [0.1, 0.15) is 45.4 Å². The highest BCUT2D eigenvalue weighted by atomic mass is 17.2. The number of rotatable bonds is 10. The molecular weight excluding hydrogens is 168 g/mol. The van der Waals surface area contributed by atoms with Gasteiger partial charge < -0.3 is 5.11 Å². The molecule has 80 valence electrons. The van der Waals surface area contributed by atoms with E-state index in [4.69, 9.17) is 14.9 Å². The first-order chi connectivity index (χ1) is 6.41. The van der Waals surface area contributed by atoms with Crippen LogP contribution in [0.25, 0.3) is 0 Å². The molecule has 0 aromatic carbocycles. The fraction of sp³-hybridized carbons (Fsp3) is 1.00. The molecule has 1 N–H and O–H groups in total. The first-order valence-corrected chi connectivity index (χ1v) is 5.27. The number of aliphatic hydroxyl groups excluding tert-OH is 1. The van der Waals surface area contributed by atoms with Gasteiger partial charge in [-0.1, -0.05) is 26.2 Å². The third-order valence-corrected chi connectivity index (χ3v) is 1.80. The maximum atomic E-state index is 8.47. The summed E-state index contributed by atoms with van der Waals surface area (Å²) in [4.78, 5) is 9.85. The highest BCUT2D eigenvalue weighted by Gasteiger charge is 1.90. The van der Waals surface area contributed by atoms with Crippen LogP contribution in [0.5, 0.6) is 0 Å². The van der Waals surface area contributed by atoms with Gasteiger partial charge in [-0.3, -0.25) is 0 Å². The van der Waals surface area contributed by atoms with E-state index in [0.717, 1.165) is 19.3 Å². The van der Waals surface area contributed by atoms with Crippen molar-refractivity contribution >= 4 is 0 Å². The summed E-state index contributed by atoms with van der Waals surface area (Å²) < 4.78 is 0. The molecule has 0 rings (SSSR count). The molecule has 0 aliphatic heterocycles. The molecule has 0 spiro atoms. The molecule has 0 aliphatic rings. The van der Waals surface area contributed by atoms with Crippen LogP contribution in [0.4, 0.5) is 0 Å². The van der Waals surface area contributed by atoms with E-state index in [9.17, 15) is 0 Å². The van der Waals surface area contributed by atoms with Crippen LogP contribution in [0, 0.1) is 0 Å². The van der Waals surface area contributed by atoms with Crippen molar-refractivity contribution in [3.05, 3.63) is 0 Å². The summed E-state index contributed by atoms with van der Waals surface area (Å²) in [6.07, 6.45) is 6.47. The van der Waals surface area contributed by atoms with Crippen LogP contribution < -0.4 is 0 Å². The Balaban J connectivity index is 2.76. The monoisotopic (exact) mass is 190 g/mol. The van der Waals surface area contributed by atoms with Crippen LogP contribution in [-0.2, 0) is 9.78 Å². The first-order valence-electron chi connectivity index (χ1n) is 5.27. The van der Waals surface area contributed by atoms with Crippen LogP contribution in [0.2, 0.25) is 0 Å². The van der Waals surface area contributed by atoms with Gasteiger partial charge in [0, 0.05) is 6.61 Å². The van der Waals surface area contributed by atoms with Crippen molar-refractivity contribution < 1.29 is 14.9 Å². The van der Waals surface area contributed by atoms with Crippen LogP contribution in [-0.4, -0.2) is 24.9 Å². The molecule has 0 atom stereocenters. The number of hydrogen-bond donors (Lipinski definition) is 1. The third-order valence-electron chi connectivity index (χ3n) is 1.80. The van der Waals surface area contributed by atoms with Crippen molar-refractivity contribution in [3.63, 3.8) is 0 Å². The number of aliphatic hydroxyl groups is 1. The lowest BCUT2D eigenvalue weighted by atomic mass is 10.2. The SMILES string of the molecule is CCCCCCOOCCCCO. The van der Waals surface area contributed by atoms with Gasteiger partial charge in [-0.05, 0) is 19.3 Å². The Kier molecular flexibility index (Phi) is 11.8. The Morgan fingerprint density at radius 2 is 1.46 bits per heavy atom. The van der Waals surface area contributed by atoms with Crippen LogP contribution in [0.3, 0.4) is 0 Å². The molecule has 0 bridgehead atoms. The summed E-state index contributed by atoms with van der Waals surface area (Å²) in [6, 6.07) is 0. The van der Waals surface area contributed by atoms with Gasteiger partial charge in [-0.2, -0.15) is 0 Å². The van der Waals surface area contributed by atoms with E-state index in [0.29, 0.717) is 13.2 Å². The van der Waals surface area contributed by atoms with E-state index in [1.807, 2.05) is 0 Å². The molecule has 0 heterocycles. The van der Waals surface area contributed by atoms with Gasteiger partial charge in [0.15, 0.2) is 0 Å². The minimum atomic E-state index is 0.236. The lowest BCUT2D eigenvalue weighted by Crippen LogP contribution is -1.99. The second-order valence-corrected chi connectivity index (χ2v) is 3.14. The van der Waals surface area contributed by atoms with Gasteiger partial charge >= 0.3 is 0 Å². The van der Waals surface area contributed by atoms with E-state index in [1.54, 1.807) is 0 Å². The zero-order chi connectivity index (χ0) is 9.78. The van der Waals surface area contributed by atoms with Crippen molar-refractivity contribution in [1.29, 1.82) is 0 Å². The number of hydrogen-bond acceptors (Lipinski definition) is 3. The molecule has 3 heteroatoms. The fourth-order valence-corrected chi connectivity index (χ4v) is 0.978. The van der Waals surface area contributed by atoms with E-state index >= 15 is 0 Å². The van der Waals surface area contributed by atoms with Crippen molar-refractivity contribution in [2.24, 2.45) is 0 Å². The minimum Gasteiger partial charge on any atom is -0.396 e. The maximum Gasteiger partial charge on any atom is 0.0823 e. The zero-order valence-corrected chi connectivity index (χ0v) is 8.63. The van der Waals surface area contributed by atoms with E-state index in [2.05, 4.69) is 6.92 Å². The molecule has 13 heavy (non-hydrogen) atoms. The Hall–Kier alpha value is -0.120. The quantitative estimate of drug-likeness (QED) is 0.326. The highest BCUT2D eigenvalue weighted by molar-refractivity contribution is 4.37. The van der Waals surface area contributed by atoms with E-state index < -0.39 is 0 Å². The van der Waals surface area contributed by atoms with Gasteiger partial charge in [0.1, 0.15) is 0 Å². The standard InChI is InChI=1S/C10H22O3/c1-2-3-4-6-9-12-13-10-7-5-8-11/h11H,2-10H2,1H3. The highest BCUT2D eigenvalue weighted by Crippen LogP contribution is 1.99. The Labute approximate surface area is 81.0 Å². The third kappa shape index (κ3) is 11.9. The second-order valence-electron chi connectivity index (χ2n) is 3.14. The Bertz CT molecular complexity index is 76.2. The van der Waals surface area contributed by atoms with E-state index in [1.165, 1.54) is 19.3 Å². The molecule has 0 aliphatic carbocycles. The summed E-state index contributed by atoms with van der Waals surface area (Å²) in [6.45, 7) is 3.71. The van der Waals surface area contributed by atoms with Crippen LogP contribution >= 0.6 is 0 Å². The Morgan fingerprint density at radius 1 is 0.846 bits per heavy atom. The van der Waals surface area contributed by atoms with Crippen molar-refractivity contribution in [3.8, 4) is 0 Å². The minimum absolute atomic E-state index is 0.236. The molecule has 0 fully saturated rings. The van der Waals surface area contributed by atoms with Crippen molar-refractivity contribution in [2.45, 2.75) is 45.4 Å². The summed E-state index contributed by atoms with van der Waals surface area (Å²) in [5, 5.41) is 8.47. The predicted molar refractivity (Wildman–Crippen MR) is 52.4 cm³/mol. The van der Waals surface area contributed by atoms with Crippen molar-refractivity contribution in [1.82, 2.24) is 0 Å². The summed E-state index contributed by atoms with van der Waals surface area (Å²) in [5.74, 6) is 0. The average Bonchev–Trinajstić information content (AvgIpc) is 2.16. The lowest BCUT2D eigenvalue weighted by Gasteiger charge is -2.02. The molecule has 0 aromatic heterocycles. The largest absolute Gasteiger partial charge is 0.396 e. The molecule has 0 amide bonds. The van der Waals surface area contributed by atoms with Crippen LogP contribution in [0.15, 0.2) is 0 Å². The second kappa shape index (κ2) is 11.9. The van der Waals surface area contributed by atoms with E-state index in [-0.39, 0.29) is 6.61 Å². The van der Waals surface area contributed by atoms with Gasteiger partial charge in [0.05, 0.1) is 13.2 Å². The lowest BCUT2D eigenvalue weighted by molar-refractivity contribution is -0.295. The molecule has 0 radical (unpaired) electrons. The van der Waals surface area contributed by atoms with Gasteiger partial charge in [0.25, 0.3) is 0 Å². The summed E-state index contributed by atoms with van der Waals surface area (Å²) in [7, 11) is 0. The average molecular weight is 190 g/mol. The summed E-state index contributed by atoms with van der Waals surface area (Å²) >= 11 is 0.